The minimum Gasteiger partial charge on any atom is -0.457 e. The number of hydrogen-bond acceptors (Lipinski definition) is 6. The highest BCUT2D eigenvalue weighted by molar-refractivity contribution is 7.47. The molecule has 0 aliphatic carbocycles. The molecule has 0 rings (SSSR count). The van der Waals surface area contributed by atoms with Gasteiger partial charge in [0.1, 0.15) is 19.3 Å². The van der Waals surface area contributed by atoms with Gasteiger partial charge in [-0.25, -0.2) is 4.57 Å². The Labute approximate surface area is 427 Å². The van der Waals surface area contributed by atoms with Gasteiger partial charge in [0.15, 0.2) is 0 Å². The molecule has 0 aromatic rings. The number of allylic oxidation sites excluding steroid dienone is 12. The third-order valence-corrected chi connectivity index (χ3v) is 13.2. The van der Waals surface area contributed by atoms with Gasteiger partial charge in [0.25, 0.3) is 0 Å². The third kappa shape index (κ3) is 56.7. The van der Waals surface area contributed by atoms with Gasteiger partial charge < -0.3 is 18.9 Å². The van der Waals surface area contributed by atoms with Crippen LogP contribution in [-0.4, -0.2) is 75.6 Å². The van der Waals surface area contributed by atoms with Crippen LogP contribution in [0.4, 0.5) is 0 Å². The van der Waals surface area contributed by atoms with Crippen molar-refractivity contribution in [3.8, 4) is 0 Å². The van der Waals surface area contributed by atoms with Crippen LogP contribution in [0.2, 0.25) is 0 Å². The van der Waals surface area contributed by atoms with Gasteiger partial charge >= 0.3 is 13.8 Å². The number of quaternary nitrogens is 1. The van der Waals surface area contributed by atoms with Gasteiger partial charge in [-0.3, -0.25) is 13.8 Å². The molecule has 0 aliphatic heterocycles. The van der Waals surface area contributed by atoms with Crippen molar-refractivity contribution in [1.29, 1.82) is 0 Å². The molecule has 9 heteroatoms. The van der Waals surface area contributed by atoms with Crippen molar-refractivity contribution in [2.75, 3.05) is 54.1 Å². The number of unbranched alkanes of at least 4 members (excludes halogenated alkanes) is 27. The third-order valence-electron chi connectivity index (χ3n) is 12.3. The summed E-state index contributed by atoms with van der Waals surface area (Å²) in [6.45, 7) is 5.52. The van der Waals surface area contributed by atoms with E-state index in [2.05, 4.69) is 86.8 Å². The van der Waals surface area contributed by atoms with E-state index in [9.17, 15) is 14.3 Å². The molecule has 2 unspecified atom stereocenters. The van der Waals surface area contributed by atoms with Crippen LogP contribution < -0.4 is 0 Å². The number of nitrogens with zero attached hydrogens (tertiary/aromatic N) is 1. The van der Waals surface area contributed by atoms with Crippen LogP contribution in [0.5, 0.6) is 0 Å². The average Bonchev–Trinajstić information content (AvgIpc) is 3.31. The summed E-state index contributed by atoms with van der Waals surface area (Å²) >= 11 is 0. The Morgan fingerprint density at radius 1 is 0.464 bits per heavy atom. The van der Waals surface area contributed by atoms with Crippen LogP contribution in [0.3, 0.4) is 0 Å². The monoisotopic (exact) mass is 989 g/mol. The molecule has 0 saturated heterocycles. The molecule has 2 atom stereocenters. The van der Waals surface area contributed by atoms with Crippen molar-refractivity contribution in [2.24, 2.45) is 0 Å². The molecular weight excluding hydrogens is 878 g/mol. The Kier molecular flexibility index (Phi) is 50.7. The molecule has 1 N–H and O–H groups in total. The van der Waals surface area contributed by atoms with E-state index in [1.807, 2.05) is 21.1 Å². The molecule has 0 bridgehead atoms. The Morgan fingerprint density at radius 3 is 1.26 bits per heavy atom. The Morgan fingerprint density at radius 2 is 0.841 bits per heavy atom. The van der Waals surface area contributed by atoms with Crippen LogP contribution in [0.25, 0.3) is 0 Å². The van der Waals surface area contributed by atoms with E-state index in [1.165, 1.54) is 161 Å². The molecule has 0 amide bonds. The van der Waals surface area contributed by atoms with Crippen LogP contribution in [0.1, 0.15) is 245 Å². The normalized spacial score (nSPS) is 14.0. The predicted molar refractivity (Wildman–Crippen MR) is 298 cm³/mol. The van der Waals surface area contributed by atoms with Crippen molar-refractivity contribution in [1.82, 2.24) is 0 Å². The van der Waals surface area contributed by atoms with Gasteiger partial charge in [-0.05, 0) is 83.5 Å². The number of hydrogen-bond donors (Lipinski definition) is 1. The van der Waals surface area contributed by atoms with Crippen LogP contribution in [0, 0.1) is 0 Å². The smallest absolute Gasteiger partial charge is 0.457 e. The van der Waals surface area contributed by atoms with Crippen molar-refractivity contribution >= 4 is 13.8 Å². The highest BCUT2D eigenvalue weighted by atomic mass is 31.2. The minimum atomic E-state index is -4.29. The maximum absolute atomic E-state index is 12.8. The molecule has 0 spiro atoms. The number of phosphoric ester groups is 1. The summed E-state index contributed by atoms with van der Waals surface area (Å²) in [5, 5.41) is 0. The average molecular weight is 990 g/mol. The van der Waals surface area contributed by atoms with E-state index in [-0.39, 0.29) is 25.8 Å². The number of phosphoric acid groups is 1. The first kappa shape index (κ1) is 66.9. The maximum atomic E-state index is 12.8. The molecule has 0 heterocycles. The van der Waals surface area contributed by atoms with Gasteiger partial charge in [0, 0.05) is 13.0 Å². The van der Waals surface area contributed by atoms with Crippen molar-refractivity contribution in [2.45, 2.75) is 251 Å². The van der Waals surface area contributed by atoms with E-state index < -0.39 is 13.9 Å². The molecular formula is C60H111NO7P+. The quantitative estimate of drug-likeness (QED) is 0.0213. The first-order valence-electron chi connectivity index (χ1n) is 28.7. The highest BCUT2D eigenvalue weighted by Gasteiger charge is 2.26. The maximum Gasteiger partial charge on any atom is 0.472 e. The standard InChI is InChI=1S/C60H110NO7P/c1-6-8-10-12-14-16-18-20-22-24-26-28-30-32-34-36-38-40-42-44-46-48-50-52-55-65-57-59(58-67-69(63,64)66-56-54-61(3,4)5)68-60(62)53-51-49-47-45-43-41-39-37-35-33-31-29-27-25-23-21-19-17-15-13-11-9-7-2/h9,11,15,17-18,20-21,23-24,26-27,29,59H,6-8,10,12-14,16,19,22,25,28,30-58H2,1-5H3/p+1/b11-9-,17-15-,20-18-,23-21-,26-24-,29-27-. The largest absolute Gasteiger partial charge is 0.472 e. The van der Waals surface area contributed by atoms with Crippen molar-refractivity contribution in [3.63, 3.8) is 0 Å². The van der Waals surface area contributed by atoms with Gasteiger partial charge in [-0.1, -0.05) is 228 Å². The first-order chi connectivity index (χ1) is 33.6. The topological polar surface area (TPSA) is 91.3 Å². The van der Waals surface area contributed by atoms with Gasteiger partial charge in [-0.15, -0.1) is 0 Å². The van der Waals surface area contributed by atoms with Crippen molar-refractivity contribution in [3.05, 3.63) is 72.9 Å². The molecule has 0 aromatic carbocycles. The molecule has 0 aromatic heterocycles. The second-order valence-electron chi connectivity index (χ2n) is 20.3. The fourth-order valence-corrected chi connectivity index (χ4v) is 8.61. The number of esters is 1. The lowest BCUT2D eigenvalue weighted by atomic mass is 10.0. The lowest BCUT2D eigenvalue weighted by molar-refractivity contribution is -0.870. The van der Waals surface area contributed by atoms with Gasteiger partial charge in [0.05, 0.1) is 34.4 Å². The zero-order valence-corrected chi connectivity index (χ0v) is 46.7. The minimum absolute atomic E-state index is 0.0851. The Bertz CT molecular complexity index is 1330. The predicted octanol–water partition coefficient (Wildman–Crippen LogP) is 18.2. The fraction of sp³-hybridized carbons (Fsp3) is 0.783. The number of carbonyl (C=O) groups excluding carboxylic acids is 1. The second kappa shape index (κ2) is 52.3. The molecule has 8 nitrogen and oxygen atoms in total. The summed E-state index contributed by atoms with van der Waals surface area (Å²) in [7, 11) is 1.66. The van der Waals surface area contributed by atoms with Crippen LogP contribution >= 0.6 is 7.82 Å². The van der Waals surface area contributed by atoms with Crippen molar-refractivity contribution < 1.29 is 37.3 Å². The van der Waals surface area contributed by atoms with E-state index in [1.54, 1.807) is 0 Å². The molecule has 402 valence electrons. The van der Waals surface area contributed by atoms with Crippen LogP contribution in [-0.2, 0) is 27.9 Å². The van der Waals surface area contributed by atoms with E-state index in [0.29, 0.717) is 24.1 Å². The molecule has 0 fully saturated rings. The zero-order chi connectivity index (χ0) is 50.5. The highest BCUT2D eigenvalue weighted by Crippen LogP contribution is 2.43. The summed E-state index contributed by atoms with van der Waals surface area (Å²) in [6.07, 6.45) is 69.6. The zero-order valence-electron chi connectivity index (χ0n) is 45.8. The van der Waals surface area contributed by atoms with E-state index in [0.717, 1.165) is 64.2 Å². The summed E-state index contributed by atoms with van der Waals surface area (Å²) in [5.74, 6) is -0.318. The SMILES string of the molecule is CC/C=C\C/C=C\C/C=C\C/C=C\CCCCCCCCCCCCC(=O)OC(COCCCCCCCCCCCCCC/C=C\C/C=C\CCCCCCC)COP(=O)(O)OCC[N+](C)(C)C. The Hall–Kier alpha value is -2.06. The number of ether oxygens (including phenoxy) is 2. The fourth-order valence-electron chi connectivity index (χ4n) is 7.87. The van der Waals surface area contributed by atoms with E-state index >= 15 is 0 Å². The molecule has 69 heavy (non-hydrogen) atoms. The second-order valence-corrected chi connectivity index (χ2v) is 21.7. The molecule has 0 radical (unpaired) electrons. The number of rotatable bonds is 53. The van der Waals surface area contributed by atoms with E-state index in [4.69, 9.17) is 18.5 Å². The summed E-state index contributed by atoms with van der Waals surface area (Å²) in [6, 6.07) is 0. The first-order valence-corrected chi connectivity index (χ1v) is 30.2. The number of carbonyl (C=O) groups is 1. The molecule has 0 aliphatic rings. The number of likely N-dealkylation sites (N-methyl/N-ethyl adjacent to an activating group) is 1. The summed E-state index contributed by atoms with van der Waals surface area (Å²) in [4.78, 5) is 23.1. The molecule has 0 saturated carbocycles. The Balaban J connectivity index is 4.09. The lowest BCUT2D eigenvalue weighted by Crippen LogP contribution is -2.37. The van der Waals surface area contributed by atoms with Gasteiger partial charge in [-0.2, -0.15) is 0 Å². The van der Waals surface area contributed by atoms with Gasteiger partial charge in [0.2, 0.25) is 0 Å². The lowest BCUT2D eigenvalue weighted by Gasteiger charge is -2.24. The summed E-state index contributed by atoms with van der Waals surface area (Å²) in [5.41, 5.74) is 0. The van der Waals surface area contributed by atoms with Crippen LogP contribution in [0.15, 0.2) is 72.9 Å². The summed E-state index contributed by atoms with van der Waals surface area (Å²) < 4.78 is 35.3.